The number of carbonyl (C=O) groups is 1. The third kappa shape index (κ3) is 3.29. The SMILES string of the molecule is CCCCOC(=O)c1sccc1S(=O)(=O)O. The minimum absolute atomic E-state index is 0.0846. The van der Waals surface area contributed by atoms with Gasteiger partial charge < -0.3 is 4.74 Å². The number of hydrogen-bond acceptors (Lipinski definition) is 5. The maximum Gasteiger partial charge on any atom is 0.349 e. The van der Waals surface area contributed by atoms with Gasteiger partial charge in [0.1, 0.15) is 9.77 Å². The molecule has 0 aliphatic carbocycles. The molecule has 5 nitrogen and oxygen atoms in total. The summed E-state index contributed by atoms with van der Waals surface area (Å²) in [5, 5.41) is 1.42. The summed E-state index contributed by atoms with van der Waals surface area (Å²) in [6, 6.07) is 1.18. The molecular formula is C9H12O5S2. The lowest BCUT2D eigenvalue weighted by Crippen LogP contribution is -2.09. The van der Waals surface area contributed by atoms with Gasteiger partial charge in [-0.2, -0.15) is 8.42 Å². The monoisotopic (exact) mass is 264 g/mol. The first-order valence-electron chi connectivity index (χ1n) is 4.69. The molecule has 0 unspecified atom stereocenters. The van der Waals surface area contributed by atoms with E-state index in [2.05, 4.69) is 0 Å². The molecular weight excluding hydrogens is 252 g/mol. The second-order valence-electron chi connectivity index (χ2n) is 3.08. The van der Waals surface area contributed by atoms with Crippen LogP contribution in [-0.2, 0) is 14.9 Å². The molecule has 0 amide bonds. The average molecular weight is 264 g/mol. The number of rotatable bonds is 5. The standard InChI is InChI=1S/C9H12O5S2/c1-2-3-5-14-9(10)8-7(4-6-15-8)16(11,12)13/h4,6H,2-3,5H2,1H3,(H,11,12,13). The van der Waals surface area contributed by atoms with E-state index in [0.29, 0.717) is 0 Å². The fraction of sp³-hybridized carbons (Fsp3) is 0.444. The van der Waals surface area contributed by atoms with Crippen molar-refractivity contribution < 1.29 is 22.5 Å². The minimum Gasteiger partial charge on any atom is -0.461 e. The number of unbranched alkanes of at least 4 members (excludes halogenated alkanes) is 1. The topological polar surface area (TPSA) is 80.7 Å². The van der Waals surface area contributed by atoms with Gasteiger partial charge in [-0.15, -0.1) is 11.3 Å². The van der Waals surface area contributed by atoms with E-state index in [1.165, 1.54) is 11.4 Å². The maximum absolute atomic E-state index is 11.5. The predicted molar refractivity (Wildman–Crippen MR) is 59.3 cm³/mol. The molecule has 1 aromatic rings. The first-order valence-corrected chi connectivity index (χ1v) is 7.01. The molecule has 1 rings (SSSR count). The van der Waals surface area contributed by atoms with Crippen LogP contribution in [0.5, 0.6) is 0 Å². The molecule has 0 bridgehead atoms. The largest absolute Gasteiger partial charge is 0.461 e. The third-order valence-corrected chi connectivity index (χ3v) is 3.74. The van der Waals surface area contributed by atoms with Crippen molar-refractivity contribution in [3.05, 3.63) is 16.3 Å². The molecule has 0 spiro atoms. The Balaban J connectivity index is 2.81. The van der Waals surface area contributed by atoms with Crippen LogP contribution in [0.25, 0.3) is 0 Å². The van der Waals surface area contributed by atoms with Gasteiger partial charge in [-0.05, 0) is 17.9 Å². The molecule has 0 radical (unpaired) electrons. The highest BCUT2D eigenvalue weighted by molar-refractivity contribution is 7.86. The van der Waals surface area contributed by atoms with E-state index >= 15 is 0 Å². The van der Waals surface area contributed by atoms with Gasteiger partial charge in [0.25, 0.3) is 10.1 Å². The Kier molecular flexibility index (Phi) is 4.45. The first-order chi connectivity index (χ1) is 7.46. The van der Waals surface area contributed by atoms with E-state index in [1.54, 1.807) is 0 Å². The predicted octanol–water partition coefficient (Wildman–Crippen LogP) is 1.95. The molecule has 16 heavy (non-hydrogen) atoms. The molecule has 0 saturated heterocycles. The molecule has 1 N–H and O–H groups in total. The fourth-order valence-corrected chi connectivity index (χ4v) is 2.81. The Labute approximate surface area is 97.8 Å². The molecule has 0 atom stereocenters. The zero-order valence-corrected chi connectivity index (χ0v) is 10.3. The summed E-state index contributed by atoms with van der Waals surface area (Å²) >= 11 is 0.929. The molecule has 0 saturated carbocycles. The summed E-state index contributed by atoms with van der Waals surface area (Å²) in [5.41, 5.74) is 0. The van der Waals surface area contributed by atoms with Crippen LogP contribution in [-0.4, -0.2) is 25.5 Å². The molecule has 0 aliphatic heterocycles. The number of ether oxygens (including phenoxy) is 1. The number of carbonyl (C=O) groups excluding carboxylic acids is 1. The first kappa shape index (κ1) is 13.1. The van der Waals surface area contributed by atoms with Gasteiger partial charge in [-0.1, -0.05) is 13.3 Å². The highest BCUT2D eigenvalue weighted by Crippen LogP contribution is 2.22. The van der Waals surface area contributed by atoms with Crippen molar-refractivity contribution in [2.45, 2.75) is 24.7 Å². The Morgan fingerprint density at radius 1 is 1.56 bits per heavy atom. The second-order valence-corrected chi connectivity index (χ2v) is 5.38. The summed E-state index contributed by atoms with van der Waals surface area (Å²) in [7, 11) is -4.36. The molecule has 1 aromatic heterocycles. The molecule has 0 fully saturated rings. The zero-order chi connectivity index (χ0) is 12.2. The van der Waals surface area contributed by atoms with E-state index < -0.39 is 16.1 Å². The number of hydrogen-bond donors (Lipinski definition) is 1. The lowest BCUT2D eigenvalue weighted by molar-refractivity contribution is 0.0501. The van der Waals surface area contributed by atoms with Gasteiger partial charge in [0.2, 0.25) is 0 Å². The lowest BCUT2D eigenvalue weighted by Gasteiger charge is -2.03. The lowest BCUT2D eigenvalue weighted by atomic mass is 10.4. The van der Waals surface area contributed by atoms with Gasteiger partial charge in [0, 0.05) is 0 Å². The van der Waals surface area contributed by atoms with Crippen LogP contribution in [0, 0.1) is 0 Å². The Bertz CT molecular complexity index is 460. The zero-order valence-electron chi connectivity index (χ0n) is 8.67. The maximum atomic E-state index is 11.5. The van der Waals surface area contributed by atoms with Crippen molar-refractivity contribution in [3.63, 3.8) is 0 Å². The average Bonchev–Trinajstić information content (AvgIpc) is 2.65. The summed E-state index contributed by atoms with van der Waals surface area (Å²) < 4.78 is 35.5. The van der Waals surface area contributed by atoms with Gasteiger partial charge in [-0.3, -0.25) is 4.55 Å². The smallest absolute Gasteiger partial charge is 0.349 e. The molecule has 90 valence electrons. The Morgan fingerprint density at radius 2 is 2.25 bits per heavy atom. The van der Waals surface area contributed by atoms with Gasteiger partial charge in [-0.25, -0.2) is 4.79 Å². The number of esters is 1. The Morgan fingerprint density at radius 3 is 2.81 bits per heavy atom. The Hall–Kier alpha value is -0.920. The second kappa shape index (κ2) is 5.42. The third-order valence-electron chi connectivity index (χ3n) is 1.82. The minimum atomic E-state index is -4.36. The van der Waals surface area contributed by atoms with Crippen molar-refractivity contribution >= 4 is 27.4 Å². The normalized spacial score (nSPS) is 11.4. The van der Waals surface area contributed by atoms with E-state index in [4.69, 9.17) is 9.29 Å². The highest BCUT2D eigenvalue weighted by Gasteiger charge is 2.22. The summed E-state index contributed by atoms with van der Waals surface area (Å²) in [6.45, 7) is 2.20. The molecule has 7 heteroatoms. The van der Waals surface area contributed by atoms with Gasteiger partial charge >= 0.3 is 5.97 Å². The van der Waals surface area contributed by atoms with Crippen LogP contribution in [0.15, 0.2) is 16.3 Å². The van der Waals surface area contributed by atoms with Crippen molar-refractivity contribution in [2.75, 3.05) is 6.61 Å². The van der Waals surface area contributed by atoms with Crippen LogP contribution in [0.3, 0.4) is 0 Å². The van der Waals surface area contributed by atoms with E-state index in [-0.39, 0.29) is 16.4 Å². The van der Waals surface area contributed by atoms with E-state index in [1.807, 2.05) is 6.92 Å². The van der Waals surface area contributed by atoms with Crippen LogP contribution in [0.4, 0.5) is 0 Å². The van der Waals surface area contributed by atoms with Crippen molar-refractivity contribution in [2.24, 2.45) is 0 Å². The van der Waals surface area contributed by atoms with Crippen molar-refractivity contribution in [1.82, 2.24) is 0 Å². The fourth-order valence-electron chi connectivity index (χ4n) is 1.02. The summed E-state index contributed by atoms with van der Waals surface area (Å²) in [4.78, 5) is 11.0. The summed E-state index contributed by atoms with van der Waals surface area (Å²) in [5.74, 6) is -0.712. The summed E-state index contributed by atoms with van der Waals surface area (Å²) in [6.07, 6.45) is 1.60. The van der Waals surface area contributed by atoms with E-state index in [9.17, 15) is 13.2 Å². The van der Waals surface area contributed by atoms with Crippen LogP contribution < -0.4 is 0 Å². The molecule has 1 heterocycles. The van der Waals surface area contributed by atoms with Gasteiger partial charge in [0.05, 0.1) is 6.61 Å². The van der Waals surface area contributed by atoms with Crippen LogP contribution in [0.2, 0.25) is 0 Å². The van der Waals surface area contributed by atoms with Crippen LogP contribution in [0.1, 0.15) is 29.4 Å². The molecule has 0 aromatic carbocycles. The van der Waals surface area contributed by atoms with E-state index in [0.717, 1.165) is 24.2 Å². The van der Waals surface area contributed by atoms with Crippen LogP contribution >= 0.6 is 11.3 Å². The van der Waals surface area contributed by atoms with Crippen molar-refractivity contribution in [3.8, 4) is 0 Å². The van der Waals surface area contributed by atoms with Gasteiger partial charge in [0.15, 0.2) is 0 Å². The van der Waals surface area contributed by atoms with Crippen molar-refractivity contribution in [1.29, 1.82) is 0 Å². The quantitative estimate of drug-likeness (QED) is 0.499. The molecule has 0 aliphatic rings. The highest BCUT2D eigenvalue weighted by atomic mass is 32.2. The number of thiophene rings is 1.